The molecule has 6 heteroatoms. The molecule has 1 unspecified atom stereocenters. The summed E-state index contributed by atoms with van der Waals surface area (Å²) in [6.07, 6.45) is 0.587. The summed E-state index contributed by atoms with van der Waals surface area (Å²) in [5.74, 6) is -3.82. The lowest BCUT2D eigenvalue weighted by Crippen LogP contribution is -2.59. The van der Waals surface area contributed by atoms with Crippen LogP contribution in [0.15, 0.2) is 11.6 Å². The van der Waals surface area contributed by atoms with Crippen molar-refractivity contribution >= 4 is 5.97 Å². The van der Waals surface area contributed by atoms with E-state index in [2.05, 4.69) is 0 Å². The lowest BCUT2D eigenvalue weighted by molar-refractivity contribution is -0.334. The first-order chi connectivity index (χ1) is 13.8. The average molecular weight is 427 g/mol. The summed E-state index contributed by atoms with van der Waals surface area (Å²) < 4.78 is 12.0. The van der Waals surface area contributed by atoms with Gasteiger partial charge in [-0.1, -0.05) is 47.6 Å². The molecule has 3 N–H and O–H groups in total. The number of hydrogen-bond acceptors (Lipinski definition) is 6. The molecule has 0 radical (unpaired) electrons. The molecule has 1 saturated heterocycles. The van der Waals surface area contributed by atoms with E-state index in [1.807, 2.05) is 54.5 Å². The number of esters is 1. The summed E-state index contributed by atoms with van der Waals surface area (Å²) >= 11 is 0. The van der Waals surface area contributed by atoms with Crippen molar-refractivity contribution in [2.24, 2.45) is 35.5 Å². The van der Waals surface area contributed by atoms with Gasteiger partial charge in [-0.25, -0.2) is 0 Å². The highest BCUT2D eigenvalue weighted by Gasteiger charge is 2.52. The van der Waals surface area contributed by atoms with E-state index in [4.69, 9.17) is 9.47 Å². The fraction of sp³-hybridized carbons (Fsp3) is 0.875. The minimum absolute atomic E-state index is 0.0884. The van der Waals surface area contributed by atoms with Gasteiger partial charge in [-0.15, -0.1) is 0 Å². The first-order valence-corrected chi connectivity index (χ1v) is 11.5. The highest BCUT2D eigenvalue weighted by atomic mass is 16.6. The summed E-state index contributed by atoms with van der Waals surface area (Å²) in [6, 6.07) is 0. The van der Waals surface area contributed by atoms with Crippen LogP contribution in [-0.4, -0.2) is 51.5 Å². The zero-order chi connectivity index (χ0) is 23.0. The Hall–Kier alpha value is -0.950. The standard InChI is InChI=1S/C24H42O6/c1-9-19-12(2)10-13(3)20(25)18(8)24(28)15(5)11-14(4)22(30-24)16(6)21(26)17(7)23(27)29-19/h10,12,14-22,25-26,28H,9,11H2,1-8H3/b13-10+/t12-,14-,15+,16-,17+,18+,19?,20-,21-,22+,24-/m0/s1. The van der Waals surface area contributed by atoms with Crippen LogP contribution < -0.4 is 0 Å². The SMILES string of the molecule is CCC1OC(=O)[C@H](C)[C@@H](O)[C@H](C)[C@@H]2O[C@@](O)([C@H](C)C[C@@H]2C)[C@H](C)[C@@H](O)/C(C)=C/[C@@H]1C. The Bertz CT molecular complexity index is 633. The monoisotopic (exact) mass is 426 g/mol. The molecule has 2 aliphatic heterocycles. The quantitative estimate of drug-likeness (QED) is 0.440. The third-order valence-electron chi connectivity index (χ3n) is 7.63. The molecular formula is C24H42O6. The van der Waals surface area contributed by atoms with Crippen LogP contribution in [0.5, 0.6) is 0 Å². The number of fused-ring (bicyclic) bond motifs is 2. The van der Waals surface area contributed by atoms with E-state index >= 15 is 0 Å². The largest absolute Gasteiger partial charge is 0.461 e. The summed E-state index contributed by atoms with van der Waals surface area (Å²) in [6.45, 7) is 15.1. The number of hydrogen-bond donors (Lipinski definition) is 3. The van der Waals surface area contributed by atoms with Crippen molar-refractivity contribution in [3.8, 4) is 0 Å². The molecule has 0 amide bonds. The number of aliphatic hydroxyl groups is 3. The Morgan fingerprint density at radius 3 is 2.30 bits per heavy atom. The number of rotatable bonds is 1. The highest BCUT2D eigenvalue weighted by molar-refractivity contribution is 5.73. The summed E-state index contributed by atoms with van der Waals surface area (Å²) in [5, 5.41) is 33.6. The van der Waals surface area contributed by atoms with Crippen LogP contribution in [0.2, 0.25) is 0 Å². The molecule has 0 aliphatic carbocycles. The lowest BCUT2D eigenvalue weighted by atomic mass is 9.72. The molecule has 0 aromatic heterocycles. The Balaban J connectivity index is 2.53. The molecule has 0 saturated carbocycles. The molecule has 174 valence electrons. The maximum atomic E-state index is 12.8. The predicted octanol–water partition coefficient (Wildman–Crippen LogP) is 3.28. The molecule has 0 aromatic carbocycles. The fourth-order valence-electron chi connectivity index (χ4n) is 5.34. The minimum Gasteiger partial charge on any atom is -0.461 e. The van der Waals surface area contributed by atoms with Crippen molar-refractivity contribution in [3.05, 3.63) is 11.6 Å². The van der Waals surface area contributed by atoms with Gasteiger partial charge in [0, 0.05) is 23.7 Å². The van der Waals surface area contributed by atoms with E-state index in [0.29, 0.717) is 12.8 Å². The van der Waals surface area contributed by atoms with Gasteiger partial charge in [-0.3, -0.25) is 4.79 Å². The van der Waals surface area contributed by atoms with E-state index in [1.165, 1.54) is 0 Å². The fourth-order valence-corrected chi connectivity index (χ4v) is 5.34. The van der Waals surface area contributed by atoms with Gasteiger partial charge in [-0.05, 0) is 38.2 Å². The second-order valence-electron chi connectivity index (χ2n) is 9.97. The van der Waals surface area contributed by atoms with Crippen LogP contribution in [-0.2, 0) is 14.3 Å². The number of ether oxygens (including phenoxy) is 2. The predicted molar refractivity (Wildman–Crippen MR) is 115 cm³/mol. The van der Waals surface area contributed by atoms with Crippen molar-refractivity contribution in [1.29, 1.82) is 0 Å². The maximum absolute atomic E-state index is 12.8. The van der Waals surface area contributed by atoms with Gasteiger partial charge in [0.2, 0.25) is 0 Å². The molecule has 1 fully saturated rings. The van der Waals surface area contributed by atoms with Crippen LogP contribution in [0.1, 0.15) is 68.2 Å². The van der Waals surface area contributed by atoms with E-state index in [9.17, 15) is 20.1 Å². The van der Waals surface area contributed by atoms with Crippen molar-refractivity contribution in [1.82, 2.24) is 0 Å². The molecule has 2 heterocycles. The van der Waals surface area contributed by atoms with Gasteiger partial charge in [0.15, 0.2) is 5.79 Å². The molecule has 11 atom stereocenters. The van der Waals surface area contributed by atoms with Crippen molar-refractivity contribution < 1.29 is 29.6 Å². The van der Waals surface area contributed by atoms with Gasteiger partial charge in [-0.2, -0.15) is 0 Å². The second kappa shape index (κ2) is 9.68. The first kappa shape index (κ1) is 25.3. The normalized spacial score (nSPS) is 50.8. The highest BCUT2D eigenvalue weighted by Crippen LogP contribution is 2.45. The third-order valence-corrected chi connectivity index (χ3v) is 7.63. The zero-order valence-corrected chi connectivity index (χ0v) is 19.8. The van der Waals surface area contributed by atoms with E-state index in [0.717, 1.165) is 5.57 Å². The van der Waals surface area contributed by atoms with Gasteiger partial charge < -0.3 is 24.8 Å². The molecule has 0 spiro atoms. The van der Waals surface area contributed by atoms with E-state index < -0.39 is 41.9 Å². The number of aliphatic hydroxyl groups excluding tert-OH is 2. The van der Waals surface area contributed by atoms with E-state index in [1.54, 1.807) is 6.92 Å². The zero-order valence-electron chi connectivity index (χ0n) is 19.8. The maximum Gasteiger partial charge on any atom is 0.311 e. The molecule has 6 nitrogen and oxygen atoms in total. The van der Waals surface area contributed by atoms with Gasteiger partial charge in [0.25, 0.3) is 0 Å². The van der Waals surface area contributed by atoms with Crippen LogP contribution in [0, 0.1) is 35.5 Å². The van der Waals surface area contributed by atoms with Crippen molar-refractivity contribution in [3.63, 3.8) is 0 Å². The van der Waals surface area contributed by atoms with Crippen molar-refractivity contribution in [2.75, 3.05) is 0 Å². The van der Waals surface area contributed by atoms with Gasteiger partial charge in [0.1, 0.15) is 6.10 Å². The molecule has 0 aromatic rings. The van der Waals surface area contributed by atoms with Gasteiger partial charge >= 0.3 is 5.97 Å². The summed E-state index contributed by atoms with van der Waals surface area (Å²) in [4.78, 5) is 12.8. The van der Waals surface area contributed by atoms with Crippen LogP contribution in [0.3, 0.4) is 0 Å². The van der Waals surface area contributed by atoms with Gasteiger partial charge in [0.05, 0.1) is 24.2 Å². The van der Waals surface area contributed by atoms with Crippen LogP contribution >= 0.6 is 0 Å². The van der Waals surface area contributed by atoms with E-state index in [-0.39, 0.29) is 29.8 Å². The minimum atomic E-state index is -1.53. The molecule has 2 rings (SSSR count). The first-order valence-electron chi connectivity index (χ1n) is 11.5. The Labute approximate surface area is 181 Å². The van der Waals surface area contributed by atoms with Crippen LogP contribution in [0.25, 0.3) is 0 Å². The number of carbonyl (C=O) groups is 1. The topological polar surface area (TPSA) is 96.2 Å². The smallest absolute Gasteiger partial charge is 0.311 e. The molecular weight excluding hydrogens is 384 g/mol. The molecule has 2 bridgehead atoms. The summed E-state index contributed by atoms with van der Waals surface area (Å²) in [7, 11) is 0. The third kappa shape index (κ3) is 4.77. The average Bonchev–Trinajstić information content (AvgIpc) is 2.70. The molecule has 2 aliphatic rings. The Kier molecular flexibility index (Phi) is 8.17. The second-order valence-corrected chi connectivity index (χ2v) is 9.97. The number of cyclic esters (lactones) is 1. The van der Waals surface area contributed by atoms with Crippen molar-refractivity contribution in [2.45, 2.75) is 98.4 Å². The lowest BCUT2D eigenvalue weighted by Gasteiger charge is -2.51. The Morgan fingerprint density at radius 2 is 1.73 bits per heavy atom. The molecule has 30 heavy (non-hydrogen) atoms. The summed E-state index contributed by atoms with van der Waals surface area (Å²) in [5.41, 5.74) is 0.724. The Morgan fingerprint density at radius 1 is 1.13 bits per heavy atom. The van der Waals surface area contributed by atoms with Crippen LogP contribution in [0.4, 0.5) is 0 Å². The number of carbonyl (C=O) groups excluding carboxylic acids is 1.